The van der Waals surface area contributed by atoms with E-state index in [1.807, 2.05) is 6.07 Å². The molecule has 2 aliphatic rings. The number of nitrogens with two attached hydrogens (primary N) is 1. The van der Waals surface area contributed by atoms with Gasteiger partial charge in [0.2, 0.25) is 5.88 Å². The third-order valence-electron chi connectivity index (χ3n) is 5.32. The zero-order valence-electron chi connectivity index (χ0n) is 15.7. The standard InChI is InChI=1S/C23H16Cl2F2N2O/c24-16-6-2-8-18(26)14(16)10-12-4-1-5-13-20(15(11-28)23(29)30-22(12)13)21-17(25)7-3-9-19(21)27/h2-3,6-10,20H,1,4-5,29H2/b12-10-/t20-/m1/s1. The van der Waals surface area contributed by atoms with Crippen molar-refractivity contribution >= 4 is 29.3 Å². The van der Waals surface area contributed by atoms with E-state index in [4.69, 9.17) is 33.7 Å². The van der Waals surface area contributed by atoms with E-state index in [1.165, 1.54) is 24.3 Å². The van der Waals surface area contributed by atoms with Crippen molar-refractivity contribution in [2.24, 2.45) is 5.73 Å². The van der Waals surface area contributed by atoms with Gasteiger partial charge in [-0.3, -0.25) is 0 Å². The maximum absolute atomic E-state index is 14.8. The lowest BCUT2D eigenvalue weighted by Crippen LogP contribution is -2.24. The van der Waals surface area contributed by atoms with Crippen molar-refractivity contribution in [2.75, 3.05) is 0 Å². The summed E-state index contributed by atoms with van der Waals surface area (Å²) in [7, 11) is 0. The van der Waals surface area contributed by atoms with Gasteiger partial charge in [-0.2, -0.15) is 5.26 Å². The lowest BCUT2D eigenvalue weighted by Gasteiger charge is -2.33. The highest BCUT2D eigenvalue weighted by molar-refractivity contribution is 6.32. The molecule has 30 heavy (non-hydrogen) atoms. The molecule has 2 aromatic carbocycles. The van der Waals surface area contributed by atoms with E-state index in [2.05, 4.69) is 0 Å². The topological polar surface area (TPSA) is 59.0 Å². The number of rotatable bonds is 2. The highest BCUT2D eigenvalue weighted by Gasteiger charge is 2.38. The van der Waals surface area contributed by atoms with Crippen molar-refractivity contribution in [3.63, 3.8) is 0 Å². The molecule has 0 unspecified atom stereocenters. The quantitative estimate of drug-likeness (QED) is 0.567. The largest absolute Gasteiger partial charge is 0.440 e. The van der Waals surface area contributed by atoms with Crippen molar-refractivity contribution in [3.8, 4) is 6.07 Å². The summed E-state index contributed by atoms with van der Waals surface area (Å²) in [6.07, 6.45) is 3.49. The van der Waals surface area contributed by atoms with E-state index in [0.717, 1.165) is 0 Å². The molecule has 1 aliphatic heterocycles. The van der Waals surface area contributed by atoms with Gasteiger partial charge in [0, 0.05) is 16.1 Å². The number of ether oxygens (including phenoxy) is 1. The van der Waals surface area contributed by atoms with Crippen LogP contribution in [0, 0.1) is 23.0 Å². The minimum absolute atomic E-state index is 0.103. The predicted octanol–water partition coefficient (Wildman–Crippen LogP) is 6.60. The van der Waals surface area contributed by atoms with Crippen LogP contribution in [0.3, 0.4) is 0 Å². The molecule has 3 nitrogen and oxygen atoms in total. The molecule has 2 N–H and O–H groups in total. The third kappa shape index (κ3) is 3.47. The van der Waals surface area contributed by atoms with Crippen molar-refractivity contribution in [1.82, 2.24) is 0 Å². The second-order valence-corrected chi connectivity index (χ2v) is 7.89. The Labute approximate surface area is 182 Å². The van der Waals surface area contributed by atoms with Crippen LogP contribution in [0.5, 0.6) is 0 Å². The summed E-state index contributed by atoms with van der Waals surface area (Å²) in [6, 6.07) is 10.9. The highest BCUT2D eigenvalue weighted by Crippen LogP contribution is 2.49. The maximum atomic E-state index is 14.8. The van der Waals surface area contributed by atoms with E-state index in [0.29, 0.717) is 36.2 Å². The van der Waals surface area contributed by atoms with Crippen LogP contribution in [0.2, 0.25) is 10.0 Å². The molecule has 1 heterocycles. The molecule has 4 rings (SSSR count). The van der Waals surface area contributed by atoms with E-state index < -0.39 is 17.6 Å². The fourth-order valence-electron chi connectivity index (χ4n) is 3.98. The molecule has 0 fully saturated rings. The number of nitrogens with zero attached hydrogens (tertiary/aromatic N) is 1. The van der Waals surface area contributed by atoms with Gasteiger partial charge in [-0.05, 0) is 60.8 Å². The zero-order chi connectivity index (χ0) is 21.4. The average Bonchev–Trinajstić information content (AvgIpc) is 2.71. The molecule has 7 heteroatoms. The molecule has 0 bridgehead atoms. The Morgan fingerprint density at radius 2 is 1.77 bits per heavy atom. The van der Waals surface area contributed by atoms with E-state index in [-0.39, 0.29) is 32.6 Å². The van der Waals surface area contributed by atoms with Gasteiger partial charge in [-0.15, -0.1) is 0 Å². The van der Waals surface area contributed by atoms with Crippen LogP contribution in [-0.2, 0) is 4.74 Å². The summed E-state index contributed by atoms with van der Waals surface area (Å²) in [5.74, 6) is -1.47. The van der Waals surface area contributed by atoms with Gasteiger partial charge < -0.3 is 10.5 Å². The summed E-state index contributed by atoms with van der Waals surface area (Å²) in [5.41, 5.74) is 7.94. The molecule has 0 spiro atoms. The van der Waals surface area contributed by atoms with Gasteiger partial charge in [0.05, 0.1) is 10.9 Å². The van der Waals surface area contributed by atoms with Gasteiger partial charge in [0.15, 0.2) is 0 Å². The normalized spacial score (nSPS) is 20.1. The van der Waals surface area contributed by atoms with Crippen LogP contribution < -0.4 is 5.73 Å². The molecule has 0 amide bonds. The second kappa shape index (κ2) is 8.14. The molecule has 2 aromatic rings. The average molecular weight is 445 g/mol. The lowest BCUT2D eigenvalue weighted by molar-refractivity contribution is 0.276. The van der Waals surface area contributed by atoms with Gasteiger partial charge in [0.25, 0.3) is 0 Å². The molecule has 0 aromatic heterocycles. The summed E-state index contributed by atoms with van der Waals surface area (Å²) in [6.45, 7) is 0. The molecule has 1 aliphatic carbocycles. The monoisotopic (exact) mass is 444 g/mol. The minimum atomic E-state index is -0.771. The fraction of sp³-hybridized carbons (Fsp3) is 0.174. The van der Waals surface area contributed by atoms with Gasteiger partial charge in [-0.25, -0.2) is 8.78 Å². The van der Waals surface area contributed by atoms with Crippen LogP contribution >= 0.6 is 23.2 Å². The van der Waals surface area contributed by atoms with Crippen LogP contribution in [0.15, 0.2) is 64.8 Å². The van der Waals surface area contributed by atoms with Crippen LogP contribution in [-0.4, -0.2) is 0 Å². The van der Waals surface area contributed by atoms with Gasteiger partial charge in [-0.1, -0.05) is 35.3 Å². The summed E-state index contributed by atoms with van der Waals surface area (Å²) >= 11 is 12.5. The smallest absolute Gasteiger partial charge is 0.205 e. The van der Waals surface area contributed by atoms with Crippen molar-refractivity contribution in [1.29, 1.82) is 5.26 Å². The van der Waals surface area contributed by atoms with Gasteiger partial charge >= 0.3 is 0 Å². The van der Waals surface area contributed by atoms with Crippen molar-refractivity contribution < 1.29 is 13.5 Å². The number of allylic oxidation sites excluding steroid dienone is 3. The van der Waals surface area contributed by atoms with Crippen LogP contribution in [0.4, 0.5) is 8.78 Å². The van der Waals surface area contributed by atoms with E-state index in [9.17, 15) is 14.0 Å². The van der Waals surface area contributed by atoms with E-state index >= 15 is 0 Å². The molecular formula is C23H16Cl2F2N2O. The Kier molecular flexibility index (Phi) is 5.55. The zero-order valence-corrected chi connectivity index (χ0v) is 17.2. The molecule has 1 atom stereocenters. The first kappa shape index (κ1) is 20.5. The number of hydrogen-bond acceptors (Lipinski definition) is 3. The highest BCUT2D eigenvalue weighted by atomic mass is 35.5. The molecule has 0 radical (unpaired) electrons. The van der Waals surface area contributed by atoms with Crippen molar-refractivity contribution in [3.05, 3.63) is 97.6 Å². The fourth-order valence-corrected chi connectivity index (χ4v) is 4.47. The predicted molar refractivity (Wildman–Crippen MR) is 112 cm³/mol. The molecule has 0 saturated carbocycles. The minimum Gasteiger partial charge on any atom is -0.440 e. The summed E-state index contributed by atoms with van der Waals surface area (Å²) < 4.78 is 34.9. The van der Waals surface area contributed by atoms with Gasteiger partial charge in [0.1, 0.15) is 29.0 Å². The maximum Gasteiger partial charge on any atom is 0.205 e. The number of halogens is 4. The Morgan fingerprint density at radius 3 is 2.43 bits per heavy atom. The van der Waals surface area contributed by atoms with Crippen molar-refractivity contribution in [2.45, 2.75) is 25.2 Å². The number of nitriles is 1. The first-order chi connectivity index (χ1) is 14.4. The Morgan fingerprint density at radius 1 is 1.07 bits per heavy atom. The van der Waals surface area contributed by atoms with Crippen LogP contribution in [0.1, 0.15) is 36.3 Å². The summed E-state index contributed by atoms with van der Waals surface area (Å²) in [5, 5.41) is 10.2. The third-order valence-corrected chi connectivity index (χ3v) is 5.98. The Bertz CT molecular complexity index is 1140. The first-order valence-electron chi connectivity index (χ1n) is 9.31. The number of benzene rings is 2. The lowest BCUT2D eigenvalue weighted by atomic mass is 9.76. The molecular weight excluding hydrogens is 429 g/mol. The Hall–Kier alpha value is -2.81. The second-order valence-electron chi connectivity index (χ2n) is 7.07. The van der Waals surface area contributed by atoms with E-state index in [1.54, 1.807) is 18.2 Å². The van der Waals surface area contributed by atoms with Crippen LogP contribution in [0.25, 0.3) is 6.08 Å². The summed E-state index contributed by atoms with van der Waals surface area (Å²) in [4.78, 5) is 0. The molecule has 152 valence electrons. The SMILES string of the molecule is N#CC1=C(N)OC2=C(CCC/C2=C/c2c(F)cccc2Cl)[C@H]1c1c(F)cccc1Cl. The molecule has 0 saturated heterocycles. The Balaban J connectivity index is 1.92. The first-order valence-corrected chi connectivity index (χ1v) is 10.1. The number of hydrogen-bond donors (Lipinski definition) is 1.